The van der Waals surface area contributed by atoms with Gasteiger partial charge in [0.1, 0.15) is 17.2 Å². The number of rotatable bonds is 8. The van der Waals surface area contributed by atoms with Gasteiger partial charge in [-0.15, -0.1) is 0 Å². The quantitative estimate of drug-likeness (QED) is 0.673. The molecule has 1 amide bonds. The molecule has 1 atom stereocenters. The van der Waals surface area contributed by atoms with Crippen molar-refractivity contribution in [1.29, 1.82) is 0 Å². The van der Waals surface area contributed by atoms with Gasteiger partial charge in [0, 0.05) is 6.07 Å². The van der Waals surface area contributed by atoms with Gasteiger partial charge in [0.25, 0.3) is 5.91 Å². The van der Waals surface area contributed by atoms with Crippen LogP contribution in [0.15, 0.2) is 36.4 Å². The Balaban J connectivity index is 1.90. The molecule has 150 valence electrons. The van der Waals surface area contributed by atoms with Gasteiger partial charge in [0.05, 0.1) is 24.9 Å². The summed E-state index contributed by atoms with van der Waals surface area (Å²) in [5.41, 5.74) is 1.41. The average Bonchev–Trinajstić information content (AvgIpc) is 2.68. The molecule has 2 aromatic carbocycles. The Hall–Kier alpha value is -2.93. The fourth-order valence-corrected chi connectivity index (χ4v) is 2.51. The van der Waals surface area contributed by atoms with Crippen molar-refractivity contribution in [2.75, 3.05) is 26.1 Å². The number of benzene rings is 2. The summed E-state index contributed by atoms with van der Waals surface area (Å²) in [6, 6.07) is 10.3. The molecule has 2 rings (SSSR count). The number of hydrogen-bond donors (Lipinski definition) is 1. The lowest BCUT2D eigenvalue weighted by molar-refractivity contribution is -0.153. The van der Waals surface area contributed by atoms with Crippen LogP contribution in [0.25, 0.3) is 0 Å². The number of anilines is 1. The number of carbonyl (C=O) groups is 2. The highest BCUT2D eigenvalue weighted by atomic mass is 35.5. The number of methoxy groups -OCH3 is 2. The molecule has 0 aliphatic carbocycles. The SMILES string of the molecule is COc1cc(OC)c(NC(=O)COC(=O)C(C)Oc2ccc(C)cc2)cc1Cl. The van der Waals surface area contributed by atoms with Crippen LogP contribution in [0.5, 0.6) is 17.2 Å². The first kappa shape index (κ1) is 21.4. The molecule has 2 aromatic rings. The van der Waals surface area contributed by atoms with E-state index in [9.17, 15) is 9.59 Å². The van der Waals surface area contributed by atoms with E-state index in [0.717, 1.165) is 5.56 Å². The van der Waals surface area contributed by atoms with E-state index in [1.165, 1.54) is 20.3 Å². The largest absolute Gasteiger partial charge is 0.495 e. The van der Waals surface area contributed by atoms with Gasteiger partial charge in [-0.3, -0.25) is 4.79 Å². The lowest BCUT2D eigenvalue weighted by atomic mass is 10.2. The number of esters is 1. The highest BCUT2D eigenvalue weighted by Gasteiger charge is 2.19. The Bertz CT molecular complexity index is 837. The van der Waals surface area contributed by atoms with E-state index >= 15 is 0 Å². The summed E-state index contributed by atoms with van der Waals surface area (Å²) in [6.07, 6.45) is -0.861. The van der Waals surface area contributed by atoms with Crippen LogP contribution in [0.1, 0.15) is 12.5 Å². The molecule has 0 saturated carbocycles. The van der Waals surface area contributed by atoms with E-state index in [0.29, 0.717) is 28.0 Å². The van der Waals surface area contributed by atoms with Gasteiger partial charge >= 0.3 is 5.97 Å². The van der Waals surface area contributed by atoms with Crippen molar-refractivity contribution < 1.29 is 28.5 Å². The highest BCUT2D eigenvalue weighted by Crippen LogP contribution is 2.35. The fraction of sp³-hybridized carbons (Fsp3) is 0.300. The smallest absolute Gasteiger partial charge is 0.347 e. The van der Waals surface area contributed by atoms with Crippen molar-refractivity contribution >= 4 is 29.2 Å². The van der Waals surface area contributed by atoms with Gasteiger partial charge in [0.2, 0.25) is 0 Å². The van der Waals surface area contributed by atoms with Crippen LogP contribution in [-0.2, 0) is 14.3 Å². The molecule has 0 aromatic heterocycles. The van der Waals surface area contributed by atoms with Crippen LogP contribution < -0.4 is 19.5 Å². The second kappa shape index (κ2) is 9.85. The maximum atomic E-state index is 12.1. The molecule has 1 N–H and O–H groups in total. The van der Waals surface area contributed by atoms with Crippen LogP contribution in [-0.4, -0.2) is 38.8 Å². The molecule has 0 fully saturated rings. The summed E-state index contributed by atoms with van der Waals surface area (Å²) in [7, 11) is 2.92. The number of carbonyl (C=O) groups excluding carboxylic acids is 2. The minimum Gasteiger partial charge on any atom is -0.495 e. The molecular weight excluding hydrogens is 386 g/mol. The molecule has 28 heavy (non-hydrogen) atoms. The van der Waals surface area contributed by atoms with E-state index in [4.69, 9.17) is 30.5 Å². The second-order valence-electron chi connectivity index (χ2n) is 5.92. The second-order valence-corrected chi connectivity index (χ2v) is 6.32. The number of amides is 1. The van der Waals surface area contributed by atoms with Crippen LogP contribution in [0.4, 0.5) is 5.69 Å². The van der Waals surface area contributed by atoms with Crippen molar-refractivity contribution in [1.82, 2.24) is 0 Å². The summed E-state index contributed by atoms with van der Waals surface area (Å²) in [6.45, 7) is 3.02. The van der Waals surface area contributed by atoms with Gasteiger partial charge in [-0.1, -0.05) is 29.3 Å². The molecule has 0 heterocycles. The van der Waals surface area contributed by atoms with Gasteiger partial charge in [-0.2, -0.15) is 0 Å². The Morgan fingerprint density at radius 3 is 2.32 bits per heavy atom. The minimum absolute atomic E-state index is 0.302. The van der Waals surface area contributed by atoms with E-state index in [-0.39, 0.29) is 0 Å². The molecule has 0 aliphatic rings. The van der Waals surface area contributed by atoms with Crippen molar-refractivity contribution in [3.63, 3.8) is 0 Å². The average molecular weight is 408 g/mol. The molecule has 0 spiro atoms. The normalized spacial score (nSPS) is 11.3. The molecule has 0 radical (unpaired) electrons. The molecule has 7 nitrogen and oxygen atoms in total. The predicted octanol–water partition coefficient (Wildman–Crippen LogP) is 3.61. The van der Waals surface area contributed by atoms with E-state index in [2.05, 4.69) is 5.32 Å². The number of halogens is 1. The van der Waals surface area contributed by atoms with Crippen molar-refractivity contribution in [2.24, 2.45) is 0 Å². The van der Waals surface area contributed by atoms with Crippen molar-refractivity contribution in [3.05, 3.63) is 47.0 Å². The third-order valence-electron chi connectivity index (χ3n) is 3.76. The Morgan fingerprint density at radius 2 is 1.71 bits per heavy atom. The van der Waals surface area contributed by atoms with Gasteiger partial charge < -0.3 is 24.3 Å². The number of aryl methyl sites for hydroxylation is 1. The number of hydrogen-bond acceptors (Lipinski definition) is 6. The Labute approximate surface area is 168 Å². The third-order valence-corrected chi connectivity index (χ3v) is 4.05. The molecule has 0 saturated heterocycles. The summed E-state index contributed by atoms with van der Waals surface area (Å²) < 4.78 is 20.8. The number of ether oxygens (including phenoxy) is 4. The molecule has 0 aliphatic heterocycles. The summed E-state index contributed by atoms with van der Waals surface area (Å²) >= 11 is 6.06. The zero-order chi connectivity index (χ0) is 20.7. The first-order valence-electron chi connectivity index (χ1n) is 8.45. The topological polar surface area (TPSA) is 83.1 Å². The standard InChI is InChI=1S/C20H22ClNO6/c1-12-5-7-14(8-6-12)28-13(2)20(24)27-11-19(23)22-16-9-15(21)17(25-3)10-18(16)26-4/h5-10,13H,11H2,1-4H3,(H,22,23). The van der Waals surface area contributed by atoms with E-state index in [1.807, 2.05) is 19.1 Å². The van der Waals surface area contributed by atoms with Crippen LogP contribution in [0.3, 0.4) is 0 Å². The predicted molar refractivity (Wildman–Crippen MR) is 105 cm³/mol. The van der Waals surface area contributed by atoms with Crippen LogP contribution >= 0.6 is 11.6 Å². The molecule has 8 heteroatoms. The third kappa shape index (κ3) is 5.79. The van der Waals surface area contributed by atoms with Crippen LogP contribution in [0.2, 0.25) is 5.02 Å². The monoisotopic (exact) mass is 407 g/mol. The Kier molecular flexibility index (Phi) is 7.52. The lowest BCUT2D eigenvalue weighted by Crippen LogP contribution is -2.29. The van der Waals surface area contributed by atoms with Gasteiger partial charge in [-0.25, -0.2) is 4.79 Å². The summed E-state index contributed by atoms with van der Waals surface area (Å²) in [5, 5.41) is 2.88. The van der Waals surface area contributed by atoms with E-state index in [1.54, 1.807) is 25.1 Å². The molecule has 0 bridgehead atoms. The molecular formula is C20H22ClNO6. The van der Waals surface area contributed by atoms with Gasteiger partial charge in [-0.05, 0) is 32.0 Å². The van der Waals surface area contributed by atoms with Crippen LogP contribution in [0, 0.1) is 6.92 Å². The number of nitrogens with one attached hydrogen (secondary N) is 1. The minimum atomic E-state index is -0.861. The zero-order valence-corrected chi connectivity index (χ0v) is 16.8. The van der Waals surface area contributed by atoms with Crippen molar-refractivity contribution in [3.8, 4) is 17.2 Å². The highest BCUT2D eigenvalue weighted by molar-refractivity contribution is 6.32. The van der Waals surface area contributed by atoms with Crippen molar-refractivity contribution in [2.45, 2.75) is 20.0 Å². The fourth-order valence-electron chi connectivity index (χ4n) is 2.27. The zero-order valence-electron chi connectivity index (χ0n) is 16.1. The first-order chi connectivity index (χ1) is 13.3. The summed E-state index contributed by atoms with van der Waals surface area (Å²) in [5.74, 6) is 0.102. The van der Waals surface area contributed by atoms with E-state index < -0.39 is 24.6 Å². The lowest BCUT2D eigenvalue weighted by Gasteiger charge is -2.15. The summed E-state index contributed by atoms with van der Waals surface area (Å²) in [4.78, 5) is 24.2. The van der Waals surface area contributed by atoms with Gasteiger partial charge in [0.15, 0.2) is 12.7 Å². The maximum Gasteiger partial charge on any atom is 0.347 e. The molecule has 1 unspecified atom stereocenters. The maximum absolute atomic E-state index is 12.1. The Morgan fingerprint density at radius 1 is 1.07 bits per heavy atom. The first-order valence-corrected chi connectivity index (χ1v) is 8.83.